The molecule has 1 aromatic carbocycles. The van der Waals surface area contributed by atoms with Crippen LogP contribution in [0.15, 0.2) is 12.1 Å². The second-order valence-electron chi connectivity index (χ2n) is 4.92. The summed E-state index contributed by atoms with van der Waals surface area (Å²) in [5.74, 6) is 2.13. The Bertz CT molecular complexity index is 434. The van der Waals surface area contributed by atoms with Gasteiger partial charge in [-0.15, -0.1) is 12.4 Å². The molecule has 0 saturated heterocycles. The van der Waals surface area contributed by atoms with Crippen LogP contribution in [-0.4, -0.2) is 19.8 Å². The lowest BCUT2D eigenvalue weighted by atomic mass is 9.90. The summed E-state index contributed by atoms with van der Waals surface area (Å²) in [6.07, 6.45) is 0.787. The molecule has 102 valence electrons. The highest BCUT2D eigenvalue weighted by atomic mass is 35.5. The molecule has 5 heteroatoms. The number of benzene rings is 1. The monoisotopic (exact) mass is 273 g/mol. The van der Waals surface area contributed by atoms with Crippen molar-refractivity contribution in [3.05, 3.63) is 17.7 Å². The van der Waals surface area contributed by atoms with E-state index in [0.29, 0.717) is 11.5 Å². The third kappa shape index (κ3) is 2.65. The fourth-order valence-corrected chi connectivity index (χ4v) is 2.23. The highest BCUT2D eigenvalue weighted by Gasteiger charge is 2.32. The number of rotatable bonds is 2. The molecule has 0 aliphatic carbocycles. The summed E-state index contributed by atoms with van der Waals surface area (Å²) in [7, 11) is 3.22. The van der Waals surface area contributed by atoms with Gasteiger partial charge in [0.1, 0.15) is 11.4 Å². The van der Waals surface area contributed by atoms with Gasteiger partial charge >= 0.3 is 0 Å². The summed E-state index contributed by atoms with van der Waals surface area (Å²) in [5, 5.41) is 0. The first kappa shape index (κ1) is 14.9. The third-order valence-electron chi connectivity index (χ3n) is 3.01. The summed E-state index contributed by atoms with van der Waals surface area (Å²) < 4.78 is 16.4. The van der Waals surface area contributed by atoms with Gasteiger partial charge in [-0.25, -0.2) is 0 Å². The number of hydrogen-bond donors (Lipinski definition) is 1. The molecule has 0 saturated carbocycles. The molecule has 0 spiro atoms. The fraction of sp³-hybridized carbons (Fsp3) is 0.538. The quantitative estimate of drug-likeness (QED) is 0.900. The molecule has 2 N–H and O–H groups in total. The Balaban J connectivity index is 0.00000162. The van der Waals surface area contributed by atoms with E-state index in [-0.39, 0.29) is 24.0 Å². The van der Waals surface area contributed by atoms with Gasteiger partial charge in [-0.3, -0.25) is 0 Å². The van der Waals surface area contributed by atoms with E-state index in [2.05, 4.69) is 0 Å². The fourth-order valence-electron chi connectivity index (χ4n) is 2.23. The molecular formula is C13H20ClNO3. The molecule has 2 rings (SSSR count). The van der Waals surface area contributed by atoms with Crippen molar-refractivity contribution in [2.45, 2.75) is 31.9 Å². The third-order valence-corrected chi connectivity index (χ3v) is 3.01. The molecule has 18 heavy (non-hydrogen) atoms. The van der Waals surface area contributed by atoms with Crippen LogP contribution in [0, 0.1) is 0 Å². The Kier molecular flexibility index (Phi) is 4.35. The van der Waals surface area contributed by atoms with Crippen LogP contribution in [0.25, 0.3) is 0 Å². The van der Waals surface area contributed by atoms with Crippen molar-refractivity contribution in [1.82, 2.24) is 0 Å². The van der Waals surface area contributed by atoms with E-state index in [1.54, 1.807) is 14.2 Å². The molecule has 1 heterocycles. The Morgan fingerprint density at radius 3 is 2.33 bits per heavy atom. The van der Waals surface area contributed by atoms with Gasteiger partial charge in [0.05, 0.1) is 14.2 Å². The maximum Gasteiger partial charge on any atom is 0.164 e. The van der Waals surface area contributed by atoms with Gasteiger partial charge in [0.15, 0.2) is 11.5 Å². The van der Waals surface area contributed by atoms with Crippen molar-refractivity contribution in [2.24, 2.45) is 5.73 Å². The average Bonchev–Trinajstić information content (AvgIpc) is 2.26. The van der Waals surface area contributed by atoms with E-state index in [9.17, 15) is 0 Å². The summed E-state index contributed by atoms with van der Waals surface area (Å²) >= 11 is 0. The summed E-state index contributed by atoms with van der Waals surface area (Å²) in [4.78, 5) is 0. The minimum Gasteiger partial charge on any atom is -0.493 e. The second kappa shape index (κ2) is 5.24. The largest absolute Gasteiger partial charge is 0.493 e. The van der Waals surface area contributed by atoms with E-state index < -0.39 is 0 Å². The van der Waals surface area contributed by atoms with E-state index in [1.165, 1.54) is 0 Å². The van der Waals surface area contributed by atoms with Crippen molar-refractivity contribution < 1.29 is 14.2 Å². The van der Waals surface area contributed by atoms with Crippen LogP contribution in [0.2, 0.25) is 0 Å². The summed E-state index contributed by atoms with van der Waals surface area (Å²) in [5.41, 5.74) is 6.89. The molecule has 4 nitrogen and oxygen atoms in total. The van der Waals surface area contributed by atoms with E-state index in [1.807, 2.05) is 26.0 Å². The Labute approximate surface area is 114 Å². The van der Waals surface area contributed by atoms with Gasteiger partial charge in [-0.1, -0.05) is 0 Å². The molecule has 1 aliphatic heterocycles. The predicted molar refractivity (Wildman–Crippen MR) is 73.0 cm³/mol. The summed E-state index contributed by atoms with van der Waals surface area (Å²) in [6, 6.07) is 3.71. The lowest BCUT2D eigenvalue weighted by Gasteiger charge is -2.36. The zero-order valence-electron chi connectivity index (χ0n) is 11.1. The second-order valence-corrected chi connectivity index (χ2v) is 4.92. The molecule has 0 fully saturated rings. The number of methoxy groups -OCH3 is 2. The van der Waals surface area contributed by atoms with Gasteiger partial charge in [-0.2, -0.15) is 0 Å². The molecule has 1 aliphatic rings. The first-order valence-corrected chi connectivity index (χ1v) is 5.67. The van der Waals surface area contributed by atoms with E-state index in [4.69, 9.17) is 19.9 Å². The molecule has 1 unspecified atom stereocenters. The van der Waals surface area contributed by atoms with E-state index in [0.717, 1.165) is 17.7 Å². The molecular weight excluding hydrogens is 254 g/mol. The lowest BCUT2D eigenvalue weighted by molar-refractivity contribution is 0.0723. The SMILES string of the molecule is COc1cc2c(cc1OC)C(N)CC(C)(C)O2.Cl. The minimum atomic E-state index is -0.244. The molecule has 0 amide bonds. The predicted octanol–water partition coefficient (Wildman–Crippen LogP) is 2.69. The van der Waals surface area contributed by atoms with Crippen molar-refractivity contribution >= 4 is 12.4 Å². The standard InChI is InChI=1S/C13H19NO3.ClH/c1-13(2)7-9(14)8-5-11(15-3)12(16-4)6-10(8)17-13;/h5-6,9H,7,14H2,1-4H3;1H. The van der Waals surface area contributed by atoms with Crippen molar-refractivity contribution in [1.29, 1.82) is 0 Å². The highest BCUT2D eigenvalue weighted by molar-refractivity contribution is 5.85. The van der Waals surface area contributed by atoms with Crippen molar-refractivity contribution in [2.75, 3.05) is 14.2 Å². The van der Waals surface area contributed by atoms with E-state index >= 15 is 0 Å². The number of halogens is 1. The van der Waals surface area contributed by atoms with Gasteiger partial charge in [0, 0.05) is 24.1 Å². The van der Waals surface area contributed by atoms with Crippen LogP contribution in [0.1, 0.15) is 31.9 Å². The lowest BCUT2D eigenvalue weighted by Crippen LogP contribution is -2.37. The Morgan fingerprint density at radius 2 is 1.78 bits per heavy atom. The van der Waals surface area contributed by atoms with Gasteiger partial charge in [0.2, 0.25) is 0 Å². The minimum absolute atomic E-state index is 0. The number of nitrogens with two attached hydrogens (primary N) is 1. The van der Waals surface area contributed by atoms with Crippen LogP contribution in [0.4, 0.5) is 0 Å². The van der Waals surface area contributed by atoms with Crippen LogP contribution >= 0.6 is 12.4 Å². The zero-order chi connectivity index (χ0) is 12.6. The zero-order valence-corrected chi connectivity index (χ0v) is 12.0. The number of hydrogen-bond acceptors (Lipinski definition) is 4. The Morgan fingerprint density at radius 1 is 1.22 bits per heavy atom. The van der Waals surface area contributed by atoms with Crippen LogP contribution in [0.5, 0.6) is 17.2 Å². The number of fused-ring (bicyclic) bond motifs is 1. The topological polar surface area (TPSA) is 53.7 Å². The smallest absolute Gasteiger partial charge is 0.164 e. The van der Waals surface area contributed by atoms with Crippen LogP contribution in [0.3, 0.4) is 0 Å². The van der Waals surface area contributed by atoms with Gasteiger partial charge in [0.25, 0.3) is 0 Å². The number of ether oxygens (including phenoxy) is 3. The highest BCUT2D eigenvalue weighted by Crippen LogP contribution is 2.43. The maximum atomic E-state index is 6.16. The molecule has 0 radical (unpaired) electrons. The normalized spacial score (nSPS) is 20.2. The first-order valence-electron chi connectivity index (χ1n) is 5.67. The first-order chi connectivity index (χ1) is 7.96. The van der Waals surface area contributed by atoms with Gasteiger partial charge < -0.3 is 19.9 Å². The molecule has 0 bridgehead atoms. The van der Waals surface area contributed by atoms with Gasteiger partial charge in [-0.05, 0) is 19.9 Å². The summed E-state index contributed by atoms with van der Waals surface area (Å²) in [6.45, 7) is 4.07. The Hall–Kier alpha value is -1.13. The average molecular weight is 274 g/mol. The van der Waals surface area contributed by atoms with Crippen molar-refractivity contribution in [3.63, 3.8) is 0 Å². The van der Waals surface area contributed by atoms with Crippen LogP contribution < -0.4 is 19.9 Å². The van der Waals surface area contributed by atoms with Crippen molar-refractivity contribution in [3.8, 4) is 17.2 Å². The molecule has 0 aromatic heterocycles. The molecule has 1 atom stereocenters. The molecule has 1 aromatic rings. The maximum absolute atomic E-state index is 6.16. The van der Waals surface area contributed by atoms with Crippen LogP contribution in [-0.2, 0) is 0 Å².